The number of carbonyl (C=O) groups is 4. The van der Waals surface area contributed by atoms with Gasteiger partial charge in [0.25, 0.3) is 26.1 Å². The number of nitrogens with one attached hydrogen (secondary N) is 2. The highest BCUT2D eigenvalue weighted by Gasteiger charge is 2.27. The van der Waals surface area contributed by atoms with Crippen LogP contribution in [0.3, 0.4) is 0 Å². The number of pyridine rings is 1. The largest absolute Gasteiger partial charge is 0.481 e. The first-order chi connectivity index (χ1) is 27.8. The van der Waals surface area contributed by atoms with Gasteiger partial charge in [0.2, 0.25) is 16.9 Å². The van der Waals surface area contributed by atoms with Crippen LogP contribution in [0.2, 0.25) is 0 Å². The molecule has 0 aliphatic heterocycles. The van der Waals surface area contributed by atoms with Gasteiger partial charge in [0.05, 0.1) is 54.5 Å². The second-order valence-corrected chi connectivity index (χ2v) is 18.2. The normalized spacial score (nSPS) is 12.9. The lowest BCUT2D eigenvalue weighted by atomic mass is 10.0. The van der Waals surface area contributed by atoms with Crippen molar-refractivity contribution < 1.29 is 64.0 Å². The van der Waals surface area contributed by atoms with Crippen molar-refractivity contribution in [2.45, 2.75) is 65.3 Å². The van der Waals surface area contributed by atoms with E-state index in [-0.39, 0.29) is 56.2 Å². The average Bonchev–Trinajstić information content (AvgIpc) is 3.15. The molecule has 0 bridgehead atoms. The Morgan fingerprint density at radius 2 is 1.22 bits per heavy atom. The number of aromatic nitrogens is 1. The number of hydrogen-bond acceptors (Lipinski definition) is 9. The molecule has 1 atom stereocenters. The quantitative estimate of drug-likeness (QED) is 0.0136. The molecule has 0 radical (unpaired) electrons. The molecule has 5 N–H and O–H groups in total. The van der Waals surface area contributed by atoms with Gasteiger partial charge in [0, 0.05) is 69.3 Å². The van der Waals surface area contributed by atoms with Crippen LogP contribution in [0, 0.1) is 13.8 Å². The van der Waals surface area contributed by atoms with E-state index in [1.807, 2.05) is 35.9 Å². The number of aliphatic carboxylic acids is 1. The zero-order valence-corrected chi connectivity index (χ0v) is 35.2. The number of rotatable bonds is 23. The zero-order chi connectivity index (χ0) is 43.4. The van der Waals surface area contributed by atoms with Crippen LogP contribution >= 0.6 is 0 Å². The maximum absolute atomic E-state index is 14.1. The van der Waals surface area contributed by atoms with Crippen LogP contribution in [0.15, 0.2) is 60.7 Å². The number of amides is 2. The molecule has 0 saturated carbocycles. The van der Waals surface area contributed by atoms with Gasteiger partial charge in [-0.1, -0.05) is 24.3 Å². The fourth-order valence-electron chi connectivity index (χ4n) is 7.27. The van der Waals surface area contributed by atoms with Crippen LogP contribution in [0.1, 0.15) is 76.8 Å². The molecule has 4 rings (SSSR count). The van der Waals surface area contributed by atoms with Gasteiger partial charge in [-0.05, 0) is 55.7 Å². The lowest BCUT2D eigenvalue weighted by molar-refractivity contribution is -0.909. The first-order valence-electron chi connectivity index (χ1n) is 19.4. The maximum Gasteiger partial charge on any atom is 0.345 e. The van der Waals surface area contributed by atoms with Crippen LogP contribution in [0.5, 0.6) is 5.75 Å². The standard InChI is InChI=1S/C41H52N4O12S2/c1-29-27-31(40(49)43-20-10-23-45(3,24-12-26-59(54,55)56)22-9-19-42-36(46)17-8-18-37(47)48)28-30(2)39(29)57-41(50)38-32-13-4-6-15-34(32)44(21-11-25-58(51,52)53)35-16-7-5-14-33(35)38/h4-7,13-16,27-28H,8-12,17-26H2,1-3H3,(H3-2,42,43,46,47,48,49,51,52,53,54,55,56)/p+2. The Labute approximate surface area is 344 Å². The van der Waals surface area contributed by atoms with E-state index in [2.05, 4.69) is 10.6 Å². The van der Waals surface area contributed by atoms with E-state index >= 15 is 0 Å². The molecule has 16 nitrogen and oxygen atoms in total. The van der Waals surface area contributed by atoms with Crippen molar-refractivity contribution in [2.75, 3.05) is 51.3 Å². The summed E-state index contributed by atoms with van der Waals surface area (Å²) in [6.07, 6.45) is 1.75. The number of aryl methyl sites for hydroxylation is 3. The molecule has 1 unspecified atom stereocenters. The van der Waals surface area contributed by atoms with E-state index in [4.69, 9.17) is 9.84 Å². The molecule has 1 aromatic heterocycles. The first kappa shape index (κ1) is 46.7. The van der Waals surface area contributed by atoms with Gasteiger partial charge in [-0.15, -0.1) is 0 Å². The number of carboxylic acid groups (broad SMARTS) is 1. The fraction of sp³-hybridized carbons (Fsp3) is 0.439. The molecular formula is C41H54N4O12S2+2. The first-order valence-corrected chi connectivity index (χ1v) is 22.7. The SMILES string of the molecule is Cc1cc(C(=O)NCCC[N+](C)(CCCNC(=O)CCCC(=O)O)CCCS(=O)(=O)O)cc(C)c1OC(=O)c1c2ccccc2[n+](CCCS(=O)(=O)O)c2ccccc12. The summed E-state index contributed by atoms with van der Waals surface area (Å²) in [6.45, 7) is 6.01. The molecule has 320 valence electrons. The monoisotopic (exact) mass is 858 g/mol. The highest BCUT2D eigenvalue weighted by atomic mass is 32.2. The molecule has 4 aromatic rings. The molecule has 0 aliphatic rings. The predicted octanol–water partition coefficient (Wildman–Crippen LogP) is 4.00. The van der Waals surface area contributed by atoms with Crippen molar-refractivity contribution >= 4 is 65.8 Å². The summed E-state index contributed by atoms with van der Waals surface area (Å²) in [6, 6.07) is 17.7. The Morgan fingerprint density at radius 3 is 1.76 bits per heavy atom. The number of hydrogen-bond donors (Lipinski definition) is 5. The summed E-state index contributed by atoms with van der Waals surface area (Å²) in [5.41, 5.74) is 3.17. The second kappa shape index (κ2) is 20.8. The van der Waals surface area contributed by atoms with Gasteiger partial charge in [-0.25, -0.2) is 4.79 Å². The van der Waals surface area contributed by atoms with Gasteiger partial charge in [0.15, 0.2) is 6.54 Å². The number of benzene rings is 3. The predicted molar refractivity (Wildman–Crippen MR) is 221 cm³/mol. The van der Waals surface area contributed by atoms with Crippen LogP contribution < -0.4 is 19.9 Å². The summed E-state index contributed by atoms with van der Waals surface area (Å²) in [7, 11) is -6.35. The lowest BCUT2D eigenvalue weighted by Gasteiger charge is -2.35. The van der Waals surface area contributed by atoms with Gasteiger partial charge < -0.3 is 25.0 Å². The van der Waals surface area contributed by atoms with Crippen LogP contribution in [0.4, 0.5) is 0 Å². The van der Waals surface area contributed by atoms with Crippen molar-refractivity contribution in [2.24, 2.45) is 0 Å². The Bertz CT molecular complexity index is 2320. The molecule has 3 aromatic carbocycles. The fourth-order valence-corrected chi connectivity index (χ4v) is 8.26. The van der Waals surface area contributed by atoms with E-state index in [0.717, 1.165) is 0 Å². The third-order valence-electron chi connectivity index (χ3n) is 10.1. The summed E-state index contributed by atoms with van der Waals surface area (Å²) in [4.78, 5) is 50.1. The van der Waals surface area contributed by atoms with Crippen LogP contribution in [0.25, 0.3) is 21.8 Å². The number of carboxylic acids is 1. The topological polar surface area (TPSA) is 234 Å². The molecular weight excluding hydrogens is 805 g/mol. The van der Waals surface area contributed by atoms with E-state index in [9.17, 15) is 45.1 Å². The summed E-state index contributed by atoms with van der Waals surface area (Å²) < 4.78 is 72.5. The van der Waals surface area contributed by atoms with Gasteiger partial charge >= 0.3 is 11.9 Å². The molecule has 1 heterocycles. The van der Waals surface area contributed by atoms with Crippen molar-refractivity contribution in [3.8, 4) is 5.75 Å². The second-order valence-electron chi connectivity index (χ2n) is 15.0. The molecule has 0 spiro atoms. The summed E-state index contributed by atoms with van der Waals surface area (Å²) >= 11 is 0. The van der Waals surface area contributed by atoms with E-state index in [0.29, 0.717) is 99.9 Å². The van der Waals surface area contributed by atoms with E-state index in [1.54, 1.807) is 50.2 Å². The van der Waals surface area contributed by atoms with Crippen molar-refractivity contribution in [1.29, 1.82) is 0 Å². The van der Waals surface area contributed by atoms with E-state index < -0.39 is 37.9 Å². The number of quaternary nitrogens is 1. The van der Waals surface area contributed by atoms with E-state index in [1.165, 1.54) is 0 Å². The number of fused-ring (bicyclic) bond motifs is 2. The highest BCUT2D eigenvalue weighted by molar-refractivity contribution is 7.86. The lowest BCUT2D eigenvalue weighted by Crippen LogP contribution is -2.48. The Hall–Kier alpha value is -5.01. The molecule has 59 heavy (non-hydrogen) atoms. The molecule has 0 aliphatic carbocycles. The smallest absolute Gasteiger partial charge is 0.345 e. The molecule has 2 amide bonds. The van der Waals surface area contributed by atoms with Gasteiger partial charge in [0.1, 0.15) is 5.75 Å². The average molecular weight is 859 g/mol. The number of esters is 1. The Balaban J connectivity index is 1.41. The molecule has 0 fully saturated rings. The van der Waals surface area contributed by atoms with Crippen LogP contribution in [-0.4, -0.2) is 111 Å². The van der Waals surface area contributed by atoms with Crippen molar-refractivity contribution in [1.82, 2.24) is 10.6 Å². The molecule has 18 heteroatoms. The third-order valence-corrected chi connectivity index (χ3v) is 11.7. The Kier molecular flexibility index (Phi) is 16.5. The minimum absolute atomic E-state index is 0.0901. The number of para-hydroxylation sites is 2. The minimum atomic E-state index is -4.16. The van der Waals surface area contributed by atoms with Gasteiger partial charge in [-0.3, -0.25) is 23.5 Å². The minimum Gasteiger partial charge on any atom is -0.481 e. The zero-order valence-electron chi connectivity index (χ0n) is 33.6. The summed E-state index contributed by atoms with van der Waals surface area (Å²) in [5.74, 6) is -2.64. The number of nitrogens with zero attached hydrogens (tertiary/aromatic N) is 2. The van der Waals surface area contributed by atoms with Crippen LogP contribution in [-0.2, 0) is 36.4 Å². The Morgan fingerprint density at radius 1 is 0.712 bits per heavy atom. The third kappa shape index (κ3) is 14.3. The number of ether oxygens (including phenoxy) is 1. The summed E-state index contributed by atoms with van der Waals surface area (Å²) in [5, 5.41) is 15.7. The number of carbonyl (C=O) groups excluding carboxylic acids is 3. The highest BCUT2D eigenvalue weighted by Crippen LogP contribution is 2.30. The maximum atomic E-state index is 14.1. The molecule has 0 saturated heterocycles. The van der Waals surface area contributed by atoms with Gasteiger partial charge in [-0.2, -0.15) is 21.4 Å². The van der Waals surface area contributed by atoms with Crippen molar-refractivity contribution in [3.63, 3.8) is 0 Å². The van der Waals surface area contributed by atoms with Crippen molar-refractivity contribution in [3.05, 3.63) is 82.9 Å².